The molecule has 3 heteroatoms. The molecule has 0 aromatic heterocycles. The molecule has 0 amide bonds. The Balaban J connectivity index is 2.35. The molecular weight excluding hydrogens is 200 g/mol. The van der Waals surface area contributed by atoms with Gasteiger partial charge in [0.2, 0.25) is 0 Å². The Labute approximate surface area is 100 Å². The zero-order valence-corrected chi connectivity index (χ0v) is 11.2. The summed E-state index contributed by atoms with van der Waals surface area (Å²) < 4.78 is 0. The first-order valence-corrected chi connectivity index (χ1v) is 6.66. The number of nitrogens with one attached hydrogen (secondary N) is 1. The first-order chi connectivity index (χ1) is 7.50. The largest absolute Gasteiger partial charge is 0.392 e. The van der Waals surface area contributed by atoms with Crippen molar-refractivity contribution in [2.24, 2.45) is 5.92 Å². The topological polar surface area (TPSA) is 35.5 Å². The molecule has 1 aliphatic heterocycles. The van der Waals surface area contributed by atoms with Crippen LogP contribution < -0.4 is 5.32 Å². The zero-order valence-electron chi connectivity index (χ0n) is 11.2. The fourth-order valence-electron chi connectivity index (χ4n) is 2.34. The van der Waals surface area contributed by atoms with Crippen LogP contribution in [0, 0.1) is 5.92 Å². The van der Waals surface area contributed by atoms with Crippen molar-refractivity contribution >= 4 is 0 Å². The predicted molar refractivity (Wildman–Crippen MR) is 68.6 cm³/mol. The molecule has 16 heavy (non-hydrogen) atoms. The third kappa shape index (κ3) is 4.40. The number of rotatable bonds is 5. The minimum absolute atomic E-state index is 0.225. The van der Waals surface area contributed by atoms with Crippen LogP contribution in [0.1, 0.15) is 40.5 Å². The van der Waals surface area contributed by atoms with Gasteiger partial charge in [-0.25, -0.2) is 0 Å². The highest BCUT2D eigenvalue weighted by atomic mass is 16.3. The van der Waals surface area contributed by atoms with Gasteiger partial charge in [-0.05, 0) is 45.7 Å². The van der Waals surface area contributed by atoms with Crippen molar-refractivity contribution in [1.29, 1.82) is 0 Å². The molecule has 3 atom stereocenters. The van der Waals surface area contributed by atoms with Crippen LogP contribution in [0.15, 0.2) is 0 Å². The number of hydrogen-bond acceptors (Lipinski definition) is 3. The Morgan fingerprint density at radius 3 is 2.56 bits per heavy atom. The van der Waals surface area contributed by atoms with Crippen molar-refractivity contribution in [3.63, 3.8) is 0 Å². The van der Waals surface area contributed by atoms with E-state index in [0.29, 0.717) is 12.1 Å². The highest BCUT2D eigenvalue weighted by molar-refractivity contribution is 4.80. The first kappa shape index (κ1) is 13.9. The van der Waals surface area contributed by atoms with Gasteiger partial charge in [0.15, 0.2) is 0 Å². The summed E-state index contributed by atoms with van der Waals surface area (Å²) in [6.45, 7) is 11.8. The number of hydrogen-bond donors (Lipinski definition) is 2. The molecule has 0 aliphatic carbocycles. The van der Waals surface area contributed by atoms with Crippen molar-refractivity contribution in [1.82, 2.24) is 10.2 Å². The van der Waals surface area contributed by atoms with Crippen LogP contribution in [-0.4, -0.2) is 47.8 Å². The molecule has 1 rings (SSSR count). The normalized spacial score (nSPS) is 27.0. The molecule has 1 aliphatic rings. The molecule has 0 spiro atoms. The van der Waals surface area contributed by atoms with Crippen LogP contribution >= 0.6 is 0 Å². The van der Waals surface area contributed by atoms with E-state index in [2.05, 4.69) is 31.0 Å². The third-order valence-electron chi connectivity index (χ3n) is 3.64. The van der Waals surface area contributed by atoms with E-state index in [-0.39, 0.29) is 6.10 Å². The summed E-state index contributed by atoms with van der Waals surface area (Å²) in [5, 5.41) is 13.1. The van der Waals surface area contributed by atoms with E-state index in [0.717, 1.165) is 25.6 Å². The monoisotopic (exact) mass is 228 g/mol. The molecule has 2 N–H and O–H groups in total. The van der Waals surface area contributed by atoms with Gasteiger partial charge in [-0.3, -0.25) is 4.90 Å². The summed E-state index contributed by atoms with van der Waals surface area (Å²) in [7, 11) is 0. The van der Waals surface area contributed by atoms with E-state index in [1.54, 1.807) is 0 Å². The third-order valence-corrected chi connectivity index (χ3v) is 3.64. The van der Waals surface area contributed by atoms with E-state index >= 15 is 0 Å². The smallest absolute Gasteiger partial charge is 0.0664 e. The van der Waals surface area contributed by atoms with E-state index in [1.165, 1.54) is 12.8 Å². The molecule has 0 aromatic carbocycles. The van der Waals surface area contributed by atoms with Crippen molar-refractivity contribution in [3.05, 3.63) is 0 Å². The van der Waals surface area contributed by atoms with Crippen molar-refractivity contribution in [2.45, 2.75) is 58.7 Å². The van der Waals surface area contributed by atoms with Crippen LogP contribution in [0.2, 0.25) is 0 Å². The average Bonchev–Trinajstić information content (AvgIpc) is 2.25. The molecule has 0 bridgehead atoms. The van der Waals surface area contributed by atoms with Gasteiger partial charge < -0.3 is 10.4 Å². The van der Waals surface area contributed by atoms with E-state index < -0.39 is 0 Å². The second kappa shape index (κ2) is 6.58. The lowest BCUT2D eigenvalue weighted by molar-refractivity contribution is 0.0429. The average molecular weight is 228 g/mol. The van der Waals surface area contributed by atoms with Crippen LogP contribution in [0.3, 0.4) is 0 Å². The van der Waals surface area contributed by atoms with Gasteiger partial charge in [0.05, 0.1) is 6.10 Å². The Morgan fingerprint density at radius 2 is 2.00 bits per heavy atom. The Morgan fingerprint density at radius 1 is 1.31 bits per heavy atom. The van der Waals surface area contributed by atoms with Crippen molar-refractivity contribution in [2.75, 3.05) is 19.6 Å². The molecule has 0 saturated carbocycles. The molecule has 1 saturated heterocycles. The van der Waals surface area contributed by atoms with Crippen LogP contribution in [0.4, 0.5) is 0 Å². The molecule has 3 nitrogen and oxygen atoms in total. The van der Waals surface area contributed by atoms with E-state index in [1.807, 2.05) is 6.92 Å². The molecule has 0 radical (unpaired) electrons. The highest BCUT2D eigenvalue weighted by Crippen LogP contribution is 2.19. The molecule has 1 fully saturated rings. The minimum Gasteiger partial charge on any atom is -0.392 e. The van der Waals surface area contributed by atoms with Crippen molar-refractivity contribution in [3.8, 4) is 0 Å². The predicted octanol–water partition coefficient (Wildman–Crippen LogP) is 1.47. The molecule has 96 valence electrons. The molecule has 1 heterocycles. The minimum atomic E-state index is -0.225. The van der Waals surface area contributed by atoms with Gasteiger partial charge in [-0.15, -0.1) is 0 Å². The molecule has 3 unspecified atom stereocenters. The summed E-state index contributed by atoms with van der Waals surface area (Å²) in [6.07, 6.45) is 2.36. The zero-order chi connectivity index (χ0) is 12.1. The Hall–Kier alpha value is -0.120. The quantitative estimate of drug-likeness (QED) is 0.748. The Kier molecular flexibility index (Phi) is 5.73. The van der Waals surface area contributed by atoms with Crippen LogP contribution in [0.5, 0.6) is 0 Å². The lowest BCUT2D eigenvalue weighted by atomic mass is 9.96. The number of piperidine rings is 1. The second-order valence-corrected chi connectivity index (χ2v) is 5.55. The summed E-state index contributed by atoms with van der Waals surface area (Å²) in [5.41, 5.74) is 0. The maximum atomic E-state index is 9.62. The number of aliphatic hydroxyl groups excluding tert-OH is 1. The second-order valence-electron chi connectivity index (χ2n) is 5.55. The van der Waals surface area contributed by atoms with Gasteiger partial charge in [0.1, 0.15) is 0 Å². The van der Waals surface area contributed by atoms with Crippen LogP contribution in [-0.2, 0) is 0 Å². The molecular formula is C13H28N2O. The number of aliphatic hydroxyl groups is 1. The summed E-state index contributed by atoms with van der Waals surface area (Å²) in [5.74, 6) is 0.748. The van der Waals surface area contributed by atoms with Gasteiger partial charge in [-0.2, -0.15) is 0 Å². The first-order valence-electron chi connectivity index (χ1n) is 6.66. The molecule has 0 aromatic rings. The fourth-order valence-corrected chi connectivity index (χ4v) is 2.34. The van der Waals surface area contributed by atoms with Gasteiger partial charge in [0.25, 0.3) is 0 Å². The lowest BCUT2D eigenvalue weighted by Crippen LogP contribution is -2.48. The fraction of sp³-hybridized carbons (Fsp3) is 1.00. The van der Waals surface area contributed by atoms with Gasteiger partial charge in [0, 0.05) is 18.6 Å². The summed E-state index contributed by atoms with van der Waals surface area (Å²) >= 11 is 0. The highest BCUT2D eigenvalue weighted by Gasteiger charge is 2.25. The number of likely N-dealkylation sites (tertiary alicyclic amines) is 1. The maximum Gasteiger partial charge on any atom is 0.0664 e. The summed E-state index contributed by atoms with van der Waals surface area (Å²) in [4.78, 5) is 2.43. The van der Waals surface area contributed by atoms with Crippen molar-refractivity contribution < 1.29 is 5.11 Å². The summed E-state index contributed by atoms with van der Waals surface area (Å²) in [6, 6.07) is 0.867. The standard InChI is InChI=1S/C13H28N2O/c1-10(2)14-8-13-6-5-7-15(9-13)11(3)12(4)16/h10-14,16H,5-9H2,1-4H3. The Bertz CT molecular complexity index is 194. The lowest BCUT2D eigenvalue weighted by Gasteiger charge is -2.38. The van der Waals surface area contributed by atoms with Gasteiger partial charge >= 0.3 is 0 Å². The van der Waals surface area contributed by atoms with E-state index in [9.17, 15) is 5.11 Å². The maximum absolute atomic E-state index is 9.62. The number of nitrogens with zero attached hydrogens (tertiary/aromatic N) is 1. The van der Waals surface area contributed by atoms with Crippen LogP contribution in [0.25, 0.3) is 0 Å². The van der Waals surface area contributed by atoms with Gasteiger partial charge in [-0.1, -0.05) is 13.8 Å². The van der Waals surface area contributed by atoms with E-state index in [4.69, 9.17) is 0 Å². The SMILES string of the molecule is CC(C)NCC1CCCN(C(C)C(C)O)C1.